The van der Waals surface area contributed by atoms with Crippen molar-refractivity contribution in [3.05, 3.63) is 82.4 Å². The molecule has 1 amide bonds. The van der Waals surface area contributed by atoms with E-state index < -0.39 is 15.7 Å². The number of sulfone groups is 1. The Morgan fingerprint density at radius 3 is 2.32 bits per heavy atom. The van der Waals surface area contributed by atoms with Crippen molar-refractivity contribution in [2.24, 2.45) is 0 Å². The monoisotopic (exact) mass is 537 g/mol. The molecular weight excluding hydrogens is 501 g/mol. The summed E-state index contributed by atoms with van der Waals surface area (Å²) in [6.07, 6.45) is 11.0. The summed E-state index contributed by atoms with van der Waals surface area (Å²) in [5.41, 5.74) is 4.31. The number of aryl methyl sites for hydroxylation is 1. The number of aromatic nitrogens is 1. The standard InChI is InChI=1S/C30H36FN3O3S/c1-21-14-24(31)17-26(15-21)38(36,37)25-10-8-22(9-11-25)19-32-29(35)27-16-23-20-33-30(18-28(23)34-27)12-6-4-2-3-5-7-13-30/h8-11,14-17,33-34H,2-7,12-13,18-20H2,1H3,(H,32,35). The van der Waals surface area contributed by atoms with Crippen LogP contribution >= 0.6 is 0 Å². The highest BCUT2D eigenvalue weighted by Crippen LogP contribution is 2.33. The highest BCUT2D eigenvalue weighted by Gasteiger charge is 2.35. The average Bonchev–Trinajstić information content (AvgIpc) is 3.35. The van der Waals surface area contributed by atoms with Crippen LogP contribution in [-0.2, 0) is 29.3 Å². The lowest BCUT2D eigenvalue weighted by Crippen LogP contribution is -2.49. The third-order valence-corrected chi connectivity index (χ3v) is 9.73. The van der Waals surface area contributed by atoms with Crippen LogP contribution in [0.4, 0.5) is 4.39 Å². The first kappa shape index (κ1) is 26.6. The van der Waals surface area contributed by atoms with Gasteiger partial charge in [0.2, 0.25) is 9.84 Å². The summed E-state index contributed by atoms with van der Waals surface area (Å²) < 4.78 is 39.6. The quantitative estimate of drug-likeness (QED) is 0.387. The molecule has 1 aromatic heterocycles. The Bertz CT molecular complexity index is 1380. The van der Waals surface area contributed by atoms with E-state index in [9.17, 15) is 17.6 Å². The summed E-state index contributed by atoms with van der Waals surface area (Å²) >= 11 is 0. The van der Waals surface area contributed by atoms with Gasteiger partial charge in [0, 0.05) is 30.7 Å². The van der Waals surface area contributed by atoms with Gasteiger partial charge in [-0.25, -0.2) is 12.8 Å². The lowest BCUT2D eigenvalue weighted by molar-refractivity contribution is 0.0946. The van der Waals surface area contributed by atoms with Gasteiger partial charge in [-0.2, -0.15) is 0 Å². The maximum absolute atomic E-state index is 13.8. The van der Waals surface area contributed by atoms with Gasteiger partial charge in [0.1, 0.15) is 11.5 Å². The van der Waals surface area contributed by atoms with E-state index in [4.69, 9.17) is 0 Å². The van der Waals surface area contributed by atoms with Crippen LogP contribution in [0, 0.1) is 12.7 Å². The summed E-state index contributed by atoms with van der Waals surface area (Å²) in [6.45, 7) is 2.70. The Morgan fingerprint density at radius 2 is 1.63 bits per heavy atom. The maximum atomic E-state index is 13.8. The Kier molecular flexibility index (Phi) is 7.73. The fourth-order valence-corrected chi connectivity index (χ4v) is 7.21. The molecule has 202 valence electrons. The predicted octanol–water partition coefficient (Wildman–Crippen LogP) is 5.74. The molecule has 8 heteroatoms. The normalized spacial score (nSPS) is 17.7. The molecule has 3 aromatic rings. The second kappa shape index (κ2) is 11.0. The van der Waals surface area contributed by atoms with Gasteiger partial charge in [-0.05, 0) is 72.9 Å². The summed E-state index contributed by atoms with van der Waals surface area (Å²) in [5, 5.41) is 6.75. The molecule has 1 aliphatic carbocycles. The van der Waals surface area contributed by atoms with Gasteiger partial charge < -0.3 is 15.6 Å². The third-order valence-electron chi connectivity index (χ3n) is 7.98. The van der Waals surface area contributed by atoms with Gasteiger partial charge in [-0.1, -0.05) is 50.7 Å². The molecule has 38 heavy (non-hydrogen) atoms. The zero-order valence-electron chi connectivity index (χ0n) is 21.9. The number of carbonyl (C=O) groups is 1. The second-order valence-electron chi connectivity index (χ2n) is 10.9. The Morgan fingerprint density at radius 1 is 0.947 bits per heavy atom. The van der Waals surface area contributed by atoms with E-state index in [1.807, 2.05) is 6.07 Å². The first-order valence-corrected chi connectivity index (χ1v) is 15.1. The van der Waals surface area contributed by atoms with E-state index in [2.05, 4.69) is 15.6 Å². The minimum atomic E-state index is -3.83. The Hall–Kier alpha value is -2.97. The van der Waals surface area contributed by atoms with Gasteiger partial charge in [0.25, 0.3) is 5.91 Å². The number of H-pyrrole nitrogens is 1. The molecule has 0 saturated heterocycles. The number of rotatable bonds is 5. The minimum absolute atomic E-state index is 0.0713. The number of hydrogen-bond donors (Lipinski definition) is 3. The molecule has 3 N–H and O–H groups in total. The number of halogens is 1. The molecule has 5 rings (SSSR count). The fraction of sp³-hybridized carbons (Fsp3) is 0.433. The smallest absolute Gasteiger partial charge is 0.267 e. The van der Waals surface area contributed by atoms with Gasteiger partial charge in [-0.3, -0.25) is 4.79 Å². The number of amides is 1. The van der Waals surface area contributed by atoms with Crippen molar-refractivity contribution in [2.45, 2.75) is 93.1 Å². The summed E-state index contributed by atoms with van der Waals surface area (Å²) in [7, 11) is -3.83. The van der Waals surface area contributed by atoms with Gasteiger partial charge in [0.05, 0.1) is 9.79 Å². The zero-order valence-corrected chi connectivity index (χ0v) is 22.7. The molecule has 1 fully saturated rings. The zero-order chi connectivity index (χ0) is 26.8. The SMILES string of the molecule is Cc1cc(F)cc(S(=O)(=O)c2ccc(CNC(=O)c3cc4c([nH]3)CC3(CCCCCCCC3)NC4)cc2)c1. The second-order valence-corrected chi connectivity index (χ2v) is 12.9. The first-order valence-electron chi connectivity index (χ1n) is 13.6. The average molecular weight is 538 g/mol. The van der Waals surface area contributed by atoms with Gasteiger partial charge in [-0.15, -0.1) is 0 Å². The molecule has 2 heterocycles. The van der Waals surface area contributed by atoms with E-state index in [0.29, 0.717) is 11.3 Å². The topological polar surface area (TPSA) is 91.1 Å². The van der Waals surface area contributed by atoms with E-state index in [0.717, 1.165) is 35.9 Å². The predicted molar refractivity (Wildman–Crippen MR) is 145 cm³/mol. The van der Waals surface area contributed by atoms with Gasteiger partial charge >= 0.3 is 0 Å². The molecule has 2 aromatic carbocycles. The van der Waals surface area contributed by atoms with Crippen LogP contribution in [0.2, 0.25) is 0 Å². The molecule has 0 atom stereocenters. The van der Waals surface area contributed by atoms with Crippen LogP contribution in [0.15, 0.2) is 58.3 Å². The van der Waals surface area contributed by atoms with E-state index in [1.54, 1.807) is 19.1 Å². The first-order chi connectivity index (χ1) is 18.2. The number of hydrogen-bond acceptors (Lipinski definition) is 4. The molecule has 0 unspecified atom stereocenters. The number of carbonyl (C=O) groups excluding carboxylic acids is 1. The van der Waals surface area contributed by atoms with Crippen LogP contribution in [0.3, 0.4) is 0 Å². The van der Waals surface area contributed by atoms with Crippen molar-refractivity contribution in [3.63, 3.8) is 0 Å². The van der Waals surface area contributed by atoms with Crippen molar-refractivity contribution >= 4 is 15.7 Å². The van der Waals surface area contributed by atoms with Crippen molar-refractivity contribution in [1.29, 1.82) is 0 Å². The maximum Gasteiger partial charge on any atom is 0.267 e. The van der Waals surface area contributed by atoms with Crippen molar-refractivity contribution < 1.29 is 17.6 Å². The molecule has 6 nitrogen and oxygen atoms in total. The lowest BCUT2D eigenvalue weighted by Gasteiger charge is -2.38. The molecule has 1 spiro atoms. The Balaban J connectivity index is 1.22. The highest BCUT2D eigenvalue weighted by molar-refractivity contribution is 7.91. The fourth-order valence-electron chi connectivity index (χ4n) is 5.83. The molecular formula is C30H36FN3O3S. The van der Waals surface area contributed by atoms with Crippen molar-refractivity contribution in [2.75, 3.05) is 0 Å². The third kappa shape index (κ3) is 5.86. The van der Waals surface area contributed by atoms with Crippen LogP contribution in [0.1, 0.15) is 84.2 Å². The number of nitrogens with one attached hydrogen (secondary N) is 3. The van der Waals surface area contributed by atoms with E-state index >= 15 is 0 Å². The summed E-state index contributed by atoms with van der Waals surface area (Å²) in [6, 6.07) is 12.0. The Labute approximate surface area is 224 Å². The van der Waals surface area contributed by atoms with Crippen molar-refractivity contribution in [1.82, 2.24) is 15.6 Å². The van der Waals surface area contributed by atoms with Crippen molar-refractivity contribution in [3.8, 4) is 0 Å². The van der Waals surface area contributed by atoms with E-state index in [1.165, 1.54) is 75.6 Å². The van der Waals surface area contributed by atoms with Gasteiger partial charge in [0.15, 0.2) is 0 Å². The van der Waals surface area contributed by atoms with Crippen LogP contribution in [-0.4, -0.2) is 24.8 Å². The van der Waals surface area contributed by atoms with Crippen LogP contribution in [0.5, 0.6) is 0 Å². The largest absolute Gasteiger partial charge is 0.354 e. The molecule has 2 aliphatic rings. The van der Waals surface area contributed by atoms with E-state index in [-0.39, 0.29) is 27.8 Å². The number of benzene rings is 2. The molecule has 1 saturated carbocycles. The molecule has 0 radical (unpaired) electrons. The van der Waals surface area contributed by atoms with Crippen LogP contribution in [0.25, 0.3) is 0 Å². The summed E-state index contributed by atoms with van der Waals surface area (Å²) in [5.74, 6) is -0.769. The molecule has 1 aliphatic heterocycles. The number of fused-ring (bicyclic) bond motifs is 1. The highest BCUT2D eigenvalue weighted by atomic mass is 32.2. The summed E-state index contributed by atoms with van der Waals surface area (Å²) in [4.78, 5) is 16.3. The lowest BCUT2D eigenvalue weighted by atomic mass is 9.80. The minimum Gasteiger partial charge on any atom is -0.354 e. The number of aromatic amines is 1. The molecule has 0 bridgehead atoms. The van der Waals surface area contributed by atoms with Crippen LogP contribution < -0.4 is 10.6 Å².